The highest BCUT2D eigenvalue weighted by Gasteiger charge is 2.29. The Morgan fingerprint density at radius 2 is 1.85 bits per heavy atom. The lowest BCUT2D eigenvalue weighted by molar-refractivity contribution is 0.239. The largest absolute Gasteiger partial charge is 0.494 e. The van der Waals surface area contributed by atoms with E-state index in [1.165, 1.54) is 0 Å². The van der Waals surface area contributed by atoms with Gasteiger partial charge in [0.25, 0.3) is 0 Å². The van der Waals surface area contributed by atoms with E-state index >= 15 is 0 Å². The topological polar surface area (TPSA) is 62.4 Å². The third-order valence-corrected chi connectivity index (χ3v) is 4.39. The van der Waals surface area contributed by atoms with Gasteiger partial charge in [-0.25, -0.2) is 4.79 Å². The van der Waals surface area contributed by atoms with Gasteiger partial charge in [-0.2, -0.15) is 0 Å². The van der Waals surface area contributed by atoms with E-state index in [-0.39, 0.29) is 12.1 Å². The average molecular weight is 367 g/mol. The first-order valence-corrected chi connectivity index (χ1v) is 8.86. The molecule has 0 spiro atoms. The predicted octanol–water partition coefficient (Wildman–Crippen LogP) is 4.15. The van der Waals surface area contributed by atoms with Crippen molar-refractivity contribution in [3.63, 3.8) is 0 Å². The second kappa shape index (κ2) is 8.01. The van der Waals surface area contributed by atoms with E-state index in [1.54, 1.807) is 0 Å². The minimum absolute atomic E-state index is 0.243. The number of hydrogen-bond donors (Lipinski definition) is 3. The second-order valence-corrected chi connectivity index (χ2v) is 6.30. The Bertz CT molecular complexity index is 832. The summed E-state index contributed by atoms with van der Waals surface area (Å²) in [7, 11) is 0. The maximum Gasteiger partial charge on any atom is 0.319 e. The van der Waals surface area contributed by atoms with Crippen molar-refractivity contribution in [2.45, 2.75) is 19.9 Å². The molecule has 3 N–H and O–H groups in total. The zero-order valence-corrected chi connectivity index (χ0v) is 15.5. The molecule has 0 bridgehead atoms. The zero-order valence-electron chi connectivity index (χ0n) is 14.7. The average Bonchev–Trinajstić information content (AvgIpc) is 2.62. The number of hydrogen-bond acceptors (Lipinski definition) is 3. The molecule has 1 aliphatic heterocycles. The molecular formula is C20H21N3O2S. The highest BCUT2D eigenvalue weighted by Crippen LogP contribution is 2.29. The molecule has 1 heterocycles. The number of para-hydroxylation sites is 1. The zero-order chi connectivity index (χ0) is 18.5. The van der Waals surface area contributed by atoms with E-state index in [4.69, 9.17) is 17.0 Å². The molecule has 0 aliphatic carbocycles. The van der Waals surface area contributed by atoms with Gasteiger partial charge in [0.1, 0.15) is 10.7 Å². The van der Waals surface area contributed by atoms with Gasteiger partial charge < -0.3 is 20.7 Å². The smallest absolute Gasteiger partial charge is 0.319 e. The van der Waals surface area contributed by atoms with E-state index in [0.29, 0.717) is 11.6 Å². The Labute approximate surface area is 158 Å². The molecule has 1 aliphatic rings. The quantitative estimate of drug-likeness (QED) is 0.695. The van der Waals surface area contributed by atoms with Gasteiger partial charge in [0.15, 0.2) is 0 Å². The van der Waals surface area contributed by atoms with E-state index in [1.807, 2.05) is 68.4 Å². The van der Waals surface area contributed by atoms with Crippen molar-refractivity contribution in [1.29, 1.82) is 0 Å². The third kappa shape index (κ3) is 4.03. The van der Waals surface area contributed by atoms with Crippen LogP contribution < -0.4 is 20.7 Å². The molecule has 26 heavy (non-hydrogen) atoms. The van der Waals surface area contributed by atoms with Crippen LogP contribution in [0, 0.1) is 0 Å². The predicted molar refractivity (Wildman–Crippen MR) is 107 cm³/mol. The van der Waals surface area contributed by atoms with Gasteiger partial charge in [0, 0.05) is 17.0 Å². The Morgan fingerprint density at radius 1 is 1.15 bits per heavy atom. The Balaban J connectivity index is 1.90. The van der Waals surface area contributed by atoms with Crippen molar-refractivity contribution in [2.75, 3.05) is 11.9 Å². The molecule has 0 fully saturated rings. The molecule has 2 aromatic carbocycles. The van der Waals surface area contributed by atoms with Crippen molar-refractivity contribution in [2.24, 2.45) is 0 Å². The molecule has 1 atom stereocenters. The fraction of sp³-hybridized carbons (Fsp3) is 0.200. The van der Waals surface area contributed by atoms with Gasteiger partial charge in [-0.3, -0.25) is 0 Å². The van der Waals surface area contributed by atoms with Crippen molar-refractivity contribution in [1.82, 2.24) is 10.6 Å². The first-order chi connectivity index (χ1) is 12.6. The van der Waals surface area contributed by atoms with Gasteiger partial charge in [-0.1, -0.05) is 42.5 Å². The van der Waals surface area contributed by atoms with Crippen LogP contribution in [0.1, 0.15) is 25.5 Å². The van der Waals surface area contributed by atoms with Crippen LogP contribution in [0.5, 0.6) is 5.75 Å². The number of ether oxygens (including phenoxy) is 1. The van der Waals surface area contributed by atoms with E-state index in [2.05, 4.69) is 16.0 Å². The molecule has 5 nitrogen and oxygen atoms in total. The van der Waals surface area contributed by atoms with Gasteiger partial charge in [0.2, 0.25) is 0 Å². The van der Waals surface area contributed by atoms with E-state index in [0.717, 1.165) is 28.3 Å². The lowest BCUT2D eigenvalue weighted by Crippen LogP contribution is -2.45. The number of thiocarbonyl (C=S) groups is 1. The van der Waals surface area contributed by atoms with Crippen molar-refractivity contribution >= 4 is 28.9 Å². The van der Waals surface area contributed by atoms with Gasteiger partial charge in [-0.15, -0.1) is 0 Å². The molecule has 0 aromatic heterocycles. The number of carbonyl (C=O) groups excluding carboxylic acids is 1. The Hall–Kier alpha value is -2.86. The number of urea groups is 1. The standard InChI is InChI=1S/C20H21N3O2S/c1-3-25-16-11-9-14(10-12-16)18-17(13(2)21-20(24)23-18)19(26)22-15-7-5-4-6-8-15/h4-12,18H,3H2,1-2H3,(H,22,26)(H2,21,23,24). The highest BCUT2D eigenvalue weighted by molar-refractivity contribution is 7.81. The first kappa shape index (κ1) is 17.9. The van der Waals surface area contributed by atoms with Crippen LogP contribution in [0.25, 0.3) is 0 Å². The molecule has 2 amide bonds. The van der Waals surface area contributed by atoms with Crippen LogP contribution in [0.4, 0.5) is 10.5 Å². The monoisotopic (exact) mass is 367 g/mol. The SMILES string of the molecule is CCOc1ccc(C2NC(=O)NC(C)=C2C(=S)Nc2ccccc2)cc1. The van der Waals surface area contributed by atoms with E-state index in [9.17, 15) is 4.79 Å². The summed E-state index contributed by atoms with van der Waals surface area (Å²) in [6, 6.07) is 16.8. The van der Waals surface area contributed by atoms with Crippen LogP contribution in [-0.4, -0.2) is 17.6 Å². The number of nitrogens with one attached hydrogen (secondary N) is 3. The number of allylic oxidation sites excluding steroid dienone is 1. The van der Waals surface area contributed by atoms with Gasteiger partial charge in [-0.05, 0) is 43.7 Å². The number of rotatable bonds is 5. The molecule has 6 heteroatoms. The molecule has 3 rings (SSSR count). The summed E-state index contributed by atoms with van der Waals surface area (Å²) in [6.07, 6.45) is 0. The minimum Gasteiger partial charge on any atom is -0.494 e. The maximum absolute atomic E-state index is 12.0. The molecular weight excluding hydrogens is 346 g/mol. The summed E-state index contributed by atoms with van der Waals surface area (Å²) in [5, 5.41) is 9.01. The molecule has 0 radical (unpaired) electrons. The van der Waals surface area contributed by atoms with Crippen LogP contribution in [0.2, 0.25) is 0 Å². The fourth-order valence-electron chi connectivity index (χ4n) is 2.89. The number of carbonyl (C=O) groups is 1. The summed E-state index contributed by atoms with van der Waals surface area (Å²) in [4.78, 5) is 12.6. The summed E-state index contributed by atoms with van der Waals surface area (Å²) >= 11 is 5.63. The molecule has 2 aromatic rings. The molecule has 0 saturated heterocycles. The number of amides is 2. The Morgan fingerprint density at radius 3 is 2.50 bits per heavy atom. The van der Waals surface area contributed by atoms with Gasteiger partial charge >= 0.3 is 6.03 Å². The molecule has 134 valence electrons. The fourth-order valence-corrected chi connectivity index (χ4v) is 3.28. The van der Waals surface area contributed by atoms with Crippen molar-refractivity contribution in [3.8, 4) is 5.75 Å². The van der Waals surface area contributed by atoms with Gasteiger partial charge in [0.05, 0.1) is 12.6 Å². The van der Waals surface area contributed by atoms with Crippen LogP contribution in [-0.2, 0) is 0 Å². The summed E-state index contributed by atoms with van der Waals surface area (Å²) in [6.45, 7) is 4.41. The number of anilines is 1. The summed E-state index contributed by atoms with van der Waals surface area (Å²) in [5.74, 6) is 0.795. The molecule has 1 unspecified atom stereocenters. The lowest BCUT2D eigenvalue weighted by Gasteiger charge is -2.30. The summed E-state index contributed by atoms with van der Waals surface area (Å²) in [5.41, 5.74) is 3.42. The Kier molecular flexibility index (Phi) is 5.53. The van der Waals surface area contributed by atoms with Crippen molar-refractivity contribution in [3.05, 3.63) is 71.4 Å². The van der Waals surface area contributed by atoms with E-state index < -0.39 is 0 Å². The normalized spacial score (nSPS) is 16.5. The van der Waals surface area contributed by atoms with Crippen LogP contribution >= 0.6 is 12.2 Å². The van der Waals surface area contributed by atoms with Crippen LogP contribution in [0.3, 0.4) is 0 Å². The highest BCUT2D eigenvalue weighted by atomic mass is 32.1. The second-order valence-electron chi connectivity index (χ2n) is 5.89. The minimum atomic E-state index is -0.330. The summed E-state index contributed by atoms with van der Waals surface area (Å²) < 4.78 is 5.49. The first-order valence-electron chi connectivity index (χ1n) is 8.46. The number of benzene rings is 2. The maximum atomic E-state index is 12.0. The van der Waals surface area contributed by atoms with Crippen LogP contribution in [0.15, 0.2) is 65.9 Å². The van der Waals surface area contributed by atoms with Crippen molar-refractivity contribution < 1.29 is 9.53 Å². The lowest BCUT2D eigenvalue weighted by atomic mass is 9.95. The third-order valence-electron chi connectivity index (χ3n) is 4.07. The molecule has 0 saturated carbocycles.